The molecule has 1 saturated heterocycles. The molecule has 0 bridgehead atoms. The molecule has 4 atom stereocenters. The molecule has 1 amide bonds. The molecule has 2 aliphatic carbocycles. The number of fused-ring (bicyclic) bond motifs is 1. The first kappa shape index (κ1) is 31.8. The Kier molecular flexibility index (Phi) is 8.66. The molecule has 8 heteroatoms. The summed E-state index contributed by atoms with van der Waals surface area (Å²) in [5, 5.41) is 14.8. The van der Waals surface area contributed by atoms with Gasteiger partial charge in [-0.05, 0) is 68.1 Å². The number of carboxylic acids is 1. The number of rotatable bonds is 8. The number of pyridine rings is 1. The van der Waals surface area contributed by atoms with Crippen LogP contribution in [0.1, 0.15) is 120 Å². The van der Waals surface area contributed by atoms with Crippen molar-refractivity contribution in [2.45, 2.75) is 129 Å². The summed E-state index contributed by atoms with van der Waals surface area (Å²) < 4.78 is 12.3. The fraction of sp³-hybridized carbons (Fsp3) is 0.649. The third-order valence-electron chi connectivity index (χ3n) is 10.8. The van der Waals surface area contributed by atoms with Crippen molar-refractivity contribution >= 4 is 11.9 Å². The minimum absolute atomic E-state index is 0.0354. The fourth-order valence-electron chi connectivity index (χ4n) is 8.50. The second-order valence-corrected chi connectivity index (χ2v) is 15.5. The number of aliphatic carboxylic acids is 1. The largest absolute Gasteiger partial charge is 0.487 e. The lowest BCUT2D eigenvalue weighted by Crippen LogP contribution is -2.49. The Labute approximate surface area is 268 Å². The van der Waals surface area contributed by atoms with Gasteiger partial charge in [0.2, 0.25) is 11.8 Å². The zero-order valence-corrected chi connectivity index (χ0v) is 27.9. The van der Waals surface area contributed by atoms with Gasteiger partial charge in [0.25, 0.3) is 0 Å². The molecule has 1 aromatic heterocycles. The molecule has 0 unspecified atom stereocenters. The van der Waals surface area contributed by atoms with Gasteiger partial charge in [-0.2, -0.15) is 0 Å². The topological polar surface area (TPSA) is 101 Å². The van der Waals surface area contributed by atoms with Crippen molar-refractivity contribution < 1.29 is 24.2 Å². The van der Waals surface area contributed by atoms with E-state index in [-0.39, 0.29) is 29.4 Å². The van der Waals surface area contributed by atoms with Crippen molar-refractivity contribution in [1.29, 1.82) is 0 Å². The van der Waals surface area contributed by atoms with Crippen LogP contribution >= 0.6 is 0 Å². The summed E-state index contributed by atoms with van der Waals surface area (Å²) in [7, 11) is 1.64. The molecule has 6 rings (SSSR count). The monoisotopic (exact) mass is 617 g/mol. The highest BCUT2D eigenvalue weighted by molar-refractivity contribution is 5.87. The first-order chi connectivity index (χ1) is 21.4. The summed E-state index contributed by atoms with van der Waals surface area (Å²) in [4.78, 5) is 34.4. The Morgan fingerprint density at radius 2 is 1.84 bits per heavy atom. The highest BCUT2D eigenvalue weighted by Crippen LogP contribution is 2.53. The van der Waals surface area contributed by atoms with E-state index in [1.165, 1.54) is 24.8 Å². The Hall–Kier alpha value is -3.13. The van der Waals surface area contributed by atoms with Crippen molar-refractivity contribution in [2.75, 3.05) is 7.11 Å². The third-order valence-corrected chi connectivity index (χ3v) is 10.8. The van der Waals surface area contributed by atoms with Crippen molar-refractivity contribution in [3.8, 4) is 11.6 Å². The highest BCUT2D eigenvalue weighted by Gasteiger charge is 2.59. The van der Waals surface area contributed by atoms with Crippen LogP contribution in [0, 0.1) is 17.3 Å². The first-order valence-corrected chi connectivity index (χ1v) is 17.0. The molecule has 0 radical (unpaired) electrons. The van der Waals surface area contributed by atoms with Crippen molar-refractivity contribution in [3.05, 3.63) is 52.7 Å². The van der Waals surface area contributed by atoms with Crippen LogP contribution in [0.15, 0.2) is 30.5 Å². The lowest BCUT2D eigenvalue weighted by atomic mass is 9.72. The van der Waals surface area contributed by atoms with E-state index in [4.69, 9.17) is 9.47 Å². The van der Waals surface area contributed by atoms with E-state index < -0.39 is 23.5 Å². The molecule has 2 N–H and O–H groups in total. The van der Waals surface area contributed by atoms with Crippen molar-refractivity contribution in [1.82, 2.24) is 15.2 Å². The predicted molar refractivity (Wildman–Crippen MR) is 173 cm³/mol. The van der Waals surface area contributed by atoms with E-state index in [0.29, 0.717) is 18.3 Å². The Bertz CT molecular complexity index is 1420. The lowest BCUT2D eigenvalue weighted by molar-refractivity contribution is -0.154. The predicted octanol–water partition coefficient (Wildman–Crippen LogP) is 6.81. The number of carboxylic acid groups (broad SMARTS) is 1. The van der Waals surface area contributed by atoms with Crippen LogP contribution in [0.4, 0.5) is 0 Å². The first-order valence-electron chi connectivity index (χ1n) is 17.0. The Balaban J connectivity index is 1.47. The molecule has 3 fully saturated rings. The fourth-order valence-corrected chi connectivity index (χ4v) is 8.50. The molecule has 45 heavy (non-hydrogen) atoms. The second-order valence-electron chi connectivity index (χ2n) is 15.5. The summed E-state index contributed by atoms with van der Waals surface area (Å²) in [6.45, 7) is 10.9. The number of hydrogen-bond acceptors (Lipinski definition) is 6. The smallest absolute Gasteiger partial charge is 0.326 e. The van der Waals surface area contributed by atoms with E-state index in [9.17, 15) is 14.7 Å². The van der Waals surface area contributed by atoms with Crippen LogP contribution in [0.25, 0.3) is 0 Å². The van der Waals surface area contributed by atoms with Crippen LogP contribution in [0.5, 0.6) is 11.6 Å². The molecular weight excluding hydrogens is 566 g/mol. The number of amides is 1. The standard InChI is InChI=1S/C37H51N3O5/c1-36(2,3)28-29(38-21-26-18-25(22-14-10-15-22)20-39-33(26)44-6)30(27-17-11-16-24-19-37(4,5)45-32(24)27)40(31(28)35(42)43)34(41)23-12-8-7-9-13-23/h11,16-18,20,22-23,28-31,38H,7-10,12-15,19,21H2,1-6H3,(H,42,43)/t28-,29-,30-,31-/m0/s1. The number of nitrogens with zero attached hydrogens (tertiary/aromatic N) is 2. The van der Waals surface area contributed by atoms with Gasteiger partial charge < -0.3 is 24.8 Å². The van der Waals surface area contributed by atoms with Gasteiger partial charge in [-0.25, -0.2) is 9.78 Å². The van der Waals surface area contributed by atoms with E-state index in [1.54, 1.807) is 12.0 Å². The van der Waals surface area contributed by atoms with Crippen LogP contribution < -0.4 is 14.8 Å². The molecule has 4 aliphatic rings. The van der Waals surface area contributed by atoms with Gasteiger partial charge in [0, 0.05) is 48.2 Å². The number of para-hydroxylation sites is 1. The number of nitrogens with one attached hydrogen (secondary N) is 1. The van der Waals surface area contributed by atoms with Crippen LogP contribution in [0.3, 0.4) is 0 Å². The number of ether oxygens (including phenoxy) is 2. The average Bonchev–Trinajstić information content (AvgIpc) is 3.48. The summed E-state index contributed by atoms with van der Waals surface area (Å²) in [6, 6.07) is 6.53. The molecule has 3 heterocycles. The maximum Gasteiger partial charge on any atom is 0.326 e. The molecule has 244 valence electrons. The number of likely N-dealkylation sites (tertiary alicyclic amines) is 1. The number of benzene rings is 1. The molecule has 2 aromatic rings. The van der Waals surface area contributed by atoms with Gasteiger partial charge in [-0.1, -0.05) is 64.7 Å². The van der Waals surface area contributed by atoms with E-state index >= 15 is 0 Å². The number of hydrogen-bond donors (Lipinski definition) is 2. The third kappa shape index (κ3) is 6.07. The van der Waals surface area contributed by atoms with Gasteiger partial charge >= 0.3 is 5.97 Å². The quantitative estimate of drug-likeness (QED) is 0.336. The summed E-state index contributed by atoms with van der Waals surface area (Å²) in [6.07, 6.45) is 11.0. The molecule has 1 aromatic carbocycles. The van der Waals surface area contributed by atoms with Gasteiger partial charge in [-0.3, -0.25) is 4.79 Å². The van der Waals surface area contributed by atoms with E-state index in [2.05, 4.69) is 57.1 Å². The maximum absolute atomic E-state index is 14.6. The molecule has 2 saturated carbocycles. The van der Waals surface area contributed by atoms with Gasteiger partial charge in [-0.15, -0.1) is 0 Å². The number of methoxy groups -OCH3 is 1. The minimum Gasteiger partial charge on any atom is -0.487 e. The van der Waals surface area contributed by atoms with Crippen LogP contribution in [-0.2, 0) is 22.6 Å². The maximum atomic E-state index is 14.6. The zero-order chi connectivity index (χ0) is 32.1. The Morgan fingerprint density at radius 1 is 1.11 bits per heavy atom. The van der Waals surface area contributed by atoms with Crippen molar-refractivity contribution in [3.63, 3.8) is 0 Å². The summed E-state index contributed by atoms with van der Waals surface area (Å²) >= 11 is 0. The van der Waals surface area contributed by atoms with Gasteiger partial charge in [0.05, 0.1) is 13.2 Å². The van der Waals surface area contributed by atoms with Crippen LogP contribution in [0.2, 0.25) is 0 Å². The minimum atomic E-state index is -0.978. The van der Waals surface area contributed by atoms with E-state index in [0.717, 1.165) is 61.0 Å². The second kappa shape index (κ2) is 12.2. The van der Waals surface area contributed by atoms with Gasteiger partial charge in [0.15, 0.2) is 0 Å². The highest BCUT2D eigenvalue weighted by atomic mass is 16.5. The molecular formula is C37H51N3O5. The SMILES string of the molecule is COc1ncc(C2CCC2)cc1CN[C@H]1[C@H](C(C)(C)C)[C@@H](C(=O)O)N(C(=O)C2CCCCC2)[C@H]1c1cccc2c1OC(C)(C)C2. The molecule has 2 aliphatic heterocycles. The van der Waals surface area contributed by atoms with E-state index in [1.807, 2.05) is 18.3 Å². The zero-order valence-electron chi connectivity index (χ0n) is 27.9. The summed E-state index contributed by atoms with van der Waals surface area (Å²) in [5.41, 5.74) is 3.37. The normalized spacial score (nSPS) is 26.7. The Morgan fingerprint density at radius 3 is 2.47 bits per heavy atom. The van der Waals surface area contributed by atoms with Crippen molar-refractivity contribution in [2.24, 2.45) is 17.3 Å². The average molecular weight is 618 g/mol. The summed E-state index contributed by atoms with van der Waals surface area (Å²) in [5.74, 6) is 0.372. The number of aromatic nitrogens is 1. The molecule has 8 nitrogen and oxygen atoms in total. The lowest BCUT2D eigenvalue weighted by Gasteiger charge is -2.36. The molecule has 0 spiro atoms. The van der Waals surface area contributed by atoms with Gasteiger partial charge in [0.1, 0.15) is 17.4 Å². The number of carbonyl (C=O) groups is 2. The van der Waals surface area contributed by atoms with Crippen LogP contribution in [-0.4, -0.2) is 51.7 Å². The number of carbonyl (C=O) groups excluding carboxylic acids is 1.